The highest BCUT2D eigenvalue weighted by molar-refractivity contribution is 5.92. The van der Waals surface area contributed by atoms with Crippen LogP contribution in [0.5, 0.6) is 0 Å². The van der Waals surface area contributed by atoms with Crippen LogP contribution < -0.4 is 0 Å². The van der Waals surface area contributed by atoms with Crippen molar-refractivity contribution in [1.82, 2.24) is 0 Å². The lowest BCUT2D eigenvalue weighted by Crippen LogP contribution is -2.46. The summed E-state index contributed by atoms with van der Waals surface area (Å²) < 4.78 is 18.1. The molecule has 2 aromatic rings. The van der Waals surface area contributed by atoms with Gasteiger partial charge in [-0.3, -0.25) is 0 Å². The van der Waals surface area contributed by atoms with Crippen molar-refractivity contribution in [2.45, 2.75) is 44.8 Å². The molecule has 0 spiro atoms. The number of furan rings is 1. The van der Waals surface area contributed by atoms with Gasteiger partial charge in [0.05, 0.1) is 17.4 Å². The summed E-state index contributed by atoms with van der Waals surface area (Å²) in [4.78, 5) is 26.3. The van der Waals surface area contributed by atoms with Crippen LogP contribution in [-0.4, -0.2) is 24.1 Å². The molecule has 0 radical (unpaired) electrons. The van der Waals surface area contributed by atoms with Crippen molar-refractivity contribution in [3.05, 3.63) is 114 Å². The van der Waals surface area contributed by atoms with E-state index in [1.165, 1.54) is 11.1 Å². The van der Waals surface area contributed by atoms with E-state index in [1.807, 2.05) is 54.6 Å². The zero-order valence-corrected chi connectivity index (χ0v) is 21.5. The van der Waals surface area contributed by atoms with Gasteiger partial charge in [-0.25, -0.2) is 9.59 Å². The van der Waals surface area contributed by atoms with Crippen molar-refractivity contribution >= 4 is 17.5 Å². The van der Waals surface area contributed by atoms with Crippen molar-refractivity contribution in [3.8, 4) is 0 Å². The zero-order chi connectivity index (χ0) is 26.2. The predicted octanol–water partition coefficient (Wildman–Crippen LogP) is 6.87. The number of esters is 2. The van der Waals surface area contributed by atoms with E-state index in [0.717, 1.165) is 37.0 Å². The Kier molecular flexibility index (Phi) is 6.52. The van der Waals surface area contributed by atoms with Gasteiger partial charge in [0.15, 0.2) is 0 Å². The van der Waals surface area contributed by atoms with E-state index in [-0.39, 0.29) is 29.7 Å². The van der Waals surface area contributed by atoms with Crippen molar-refractivity contribution in [1.29, 1.82) is 0 Å². The molecule has 2 bridgehead atoms. The van der Waals surface area contributed by atoms with Crippen LogP contribution in [0.4, 0.5) is 0 Å². The van der Waals surface area contributed by atoms with E-state index in [9.17, 15) is 9.59 Å². The second-order valence-corrected chi connectivity index (χ2v) is 10.7. The molecule has 194 valence electrons. The number of ether oxygens (including phenoxy) is 2. The monoisotopic (exact) mass is 508 g/mol. The second kappa shape index (κ2) is 10.1. The molecule has 5 heteroatoms. The topological polar surface area (TPSA) is 65.7 Å². The molecule has 0 amide bonds. The molecular formula is C33H32O5. The molecule has 6 unspecified atom stereocenters. The molecule has 6 atom stereocenters. The van der Waals surface area contributed by atoms with Gasteiger partial charge in [-0.05, 0) is 74.3 Å². The molecule has 1 aromatic heterocycles. The van der Waals surface area contributed by atoms with Gasteiger partial charge < -0.3 is 13.9 Å². The van der Waals surface area contributed by atoms with Crippen LogP contribution in [0.25, 0.3) is 5.57 Å². The van der Waals surface area contributed by atoms with E-state index in [0.29, 0.717) is 17.1 Å². The van der Waals surface area contributed by atoms with Crippen molar-refractivity contribution in [2.75, 3.05) is 0 Å². The van der Waals surface area contributed by atoms with E-state index >= 15 is 0 Å². The number of rotatable bonds is 7. The van der Waals surface area contributed by atoms with E-state index in [2.05, 4.69) is 13.5 Å². The largest absolute Gasteiger partial charge is 0.464 e. The molecule has 5 nitrogen and oxygen atoms in total. The molecule has 0 saturated heterocycles. The summed E-state index contributed by atoms with van der Waals surface area (Å²) in [6.45, 7) is 6.11. The van der Waals surface area contributed by atoms with Crippen LogP contribution in [-0.2, 0) is 14.3 Å². The Balaban J connectivity index is 1.32. The number of benzene rings is 1. The first-order chi connectivity index (χ1) is 18.6. The lowest BCUT2D eigenvalue weighted by Gasteiger charge is -2.38. The Morgan fingerprint density at radius 3 is 2.47 bits per heavy atom. The standard InChI is InChI=1S/C33H32O5/c1-3-11-23(28-16-10-17-36-28)24-18-25-26-19-27(29(25)20(24)2)31(38-33(35)22-14-8-5-9-15-22)30(26)37-32(34)21-12-6-4-7-13-21/h3,5-6,8-17,25-27,29-31H,1,4,7,18-19H2,2H3/b23-11+. The van der Waals surface area contributed by atoms with Gasteiger partial charge in [0.1, 0.15) is 18.0 Å². The molecule has 6 rings (SSSR count). The quantitative estimate of drug-likeness (QED) is 0.302. The minimum absolute atomic E-state index is 0.0884. The number of carbonyl (C=O) groups is 2. The zero-order valence-electron chi connectivity index (χ0n) is 21.5. The van der Waals surface area contributed by atoms with Crippen LogP contribution in [0.2, 0.25) is 0 Å². The van der Waals surface area contributed by atoms with Crippen LogP contribution in [0.3, 0.4) is 0 Å². The first-order valence-electron chi connectivity index (χ1n) is 13.5. The van der Waals surface area contributed by atoms with Crippen LogP contribution in [0, 0.1) is 23.7 Å². The summed E-state index contributed by atoms with van der Waals surface area (Å²) in [7, 11) is 0. The number of allylic oxidation sites excluding steroid dienone is 7. The van der Waals surface area contributed by atoms with E-state index < -0.39 is 12.2 Å². The first-order valence-corrected chi connectivity index (χ1v) is 13.5. The highest BCUT2D eigenvalue weighted by Gasteiger charge is 2.63. The third-order valence-corrected chi connectivity index (χ3v) is 8.72. The van der Waals surface area contributed by atoms with E-state index in [4.69, 9.17) is 13.9 Å². The SMILES string of the molecule is C=C/C=C(\C1=C(C)C2C(C1)C1CC2C(OC(=O)c2ccccc2)C1OC(=O)C1=CCCC=C1)c1ccco1. The van der Waals surface area contributed by atoms with Gasteiger partial charge in [-0.1, -0.05) is 60.7 Å². The molecule has 0 N–H and O–H groups in total. The maximum atomic E-state index is 13.2. The lowest BCUT2D eigenvalue weighted by atomic mass is 9.76. The Bertz CT molecular complexity index is 1360. The number of hydrogen-bond acceptors (Lipinski definition) is 5. The molecule has 38 heavy (non-hydrogen) atoms. The second-order valence-electron chi connectivity index (χ2n) is 10.7. The molecule has 4 aliphatic rings. The predicted molar refractivity (Wildman–Crippen MR) is 145 cm³/mol. The maximum Gasteiger partial charge on any atom is 0.338 e. The number of fused-ring (bicyclic) bond motifs is 5. The third kappa shape index (κ3) is 4.20. The van der Waals surface area contributed by atoms with Crippen LogP contribution >= 0.6 is 0 Å². The molecular weight excluding hydrogens is 476 g/mol. The molecule has 0 aliphatic heterocycles. The smallest absolute Gasteiger partial charge is 0.338 e. The first kappa shape index (κ1) is 24.5. The van der Waals surface area contributed by atoms with Crippen molar-refractivity contribution < 1.29 is 23.5 Å². The third-order valence-electron chi connectivity index (χ3n) is 8.72. The van der Waals surface area contributed by atoms with Crippen molar-refractivity contribution in [3.63, 3.8) is 0 Å². The molecule has 1 heterocycles. The summed E-state index contributed by atoms with van der Waals surface area (Å²) in [5.41, 5.74) is 4.68. The highest BCUT2D eigenvalue weighted by atomic mass is 16.6. The van der Waals surface area contributed by atoms with Gasteiger partial charge in [0.25, 0.3) is 0 Å². The number of carbonyl (C=O) groups excluding carboxylic acids is 2. The summed E-state index contributed by atoms with van der Waals surface area (Å²) in [6.07, 6.45) is 13.8. The van der Waals surface area contributed by atoms with Gasteiger partial charge in [-0.2, -0.15) is 0 Å². The highest BCUT2D eigenvalue weighted by Crippen LogP contribution is 2.63. The fourth-order valence-electron chi connectivity index (χ4n) is 7.18. The van der Waals surface area contributed by atoms with Crippen molar-refractivity contribution in [2.24, 2.45) is 23.7 Å². The average molecular weight is 509 g/mol. The molecule has 2 saturated carbocycles. The summed E-state index contributed by atoms with van der Waals surface area (Å²) in [5.74, 6) is 0.892. The fourth-order valence-corrected chi connectivity index (χ4v) is 7.18. The normalized spacial score (nSPS) is 29.7. The maximum absolute atomic E-state index is 13.2. The summed E-state index contributed by atoms with van der Waals surface area (Å²) >= 11 is 0. The molecule has 1 aromatic carbocycles. The van der Waals surface area contributed by atoms with Gasteiger partial charge in [0.2, 0.25) is 0 Å². The van der Waals surface area contributed by atoms with Crippen LogP contribution in [0.1, 0.15) is 48.7 Å². The number of hydrogen-bond donors (Lipinski definition) is 0. The van der Waals surface area contributed by atoms with Crippen LogP contribution in [0.15, 0.2) is 107 Å². The molecule has 4 aliphatic carbocycles. The minimum Gasteiger partial charge on any atom is -0.464 e. The summed E-state index contributed by atoms with van der Waals surface area (Å²) in [6, 6.07) is 12.9. The Hall–Kier alpha value is -3.86. The summed E-state index contributed by atoms with van der Waals surface area (Å²) in [5, 5.41) is 0. The Labute approximate surface area is 223 Å². The fraction of sp³-hybridized carbons (Fsp3) is 0.333. The molecule has 2 fully saturated rings. The lowest BCUT2D eigenvalue weighted by molar-refractivity contribution is -0.157. The minimum atomic E-state index is -0.490. The van der Waals surface area contributed by atoms with E-state index in [1.54, 1.807) is 24.5 Å². The van der Waals surface area contributed by atoms with Gasteiger partial charge >= 0.3 is 11.9 Å². The Morgan fingerprint density at radius 1 is 0.974 bits per heavy atom. The Morgan fingerprint density at radius 2 is 1.76 bits per heavy atom. The average Bonchev–Trinajstić information content (AvgIpc) is 3.73. The van der Waals surface area contributed by atoms with Gasteiger partial charge in [-0.15, -0.1) is 0 Å². The van der Waals surface area contributed by atoms with Gasteiger partial charge in [0, 0.05) is 17.4 Å².